The third-order valence-electron chi connectivity index (χ3n) is 3.31. The fraction of sp³-hybridized carbons (Fsp3) is 0.636. The van der Waals surface area contributed by atoms with Crippen molar-refractivity contribution in [3.63, 3.8) is 0 Å². The lowest BCUT2D eigenvalue weighted by molar-refractivity contribution is 0.232. The molecule has 2 heterocycles. The topological polar surface area (TPSA) is 58.2 Å². The highest BCUT2D eigenvalue weighted by Crippen LogP contribution is 2.29. The molecule has 1 saturated heterocycles. The van der Waals surface area contributed by atoms with Crippen LogP contribution in [0.4, 0.5) is 0 Å². The van der Waals surface area contributed by atoms with Gasteiger partial charge in [-0.25, -0.2) is 13.1 Å². The van der Waals surface area contributed by atoms with E-state index in [0.29, 0.717) is 10.8 Å². The largest absolute Gasteiger partial charge is 0.317 e. The van der Waals surface area contributed by atoms with E-state index in [1.807, 2.05) is 0 Å². The van der Waals surface area contributed by atoms with Crippen LogP contribution in [0.25, 0.3) is 0 Å². The first-order valence-electron chi connectivity index (χ1n) is 5.87. The Bertz CT molecular complexity index is 507. The van der Waals surface area contributed by atoms with Gasteiger partial charge in [-0.1, -0.05) is 6.92 Å². The average molecular weight is 353 g/mol. The van der Waals surface area contributed by atoms with Gasteiger partial charge in [-0.3, -0.25) is 0 Å². The molecule has 0 aliphatic carbocycles. The minimum Gasteiger partial charge on any atom is -0.317 e. The summed E-state index contributed by atoms with van der Waals surface area (Å²) in [4.78, 5) is 0. The van der Waals surface area contributed by atoms with E-state index in [1.165, 1.54) is 11.3 Å². The van der Waals surface area contributed by atoms with Crippen LogP contribution in [-0.4, -0.2) is 28.1 Å². The smallest absolute Gasteiger partial charge is 0.250 e. The highest BCUT2D eigenvalue weighted by molar-refractivity contribution is 9.11. The zero-order valence-corrected chi connectivity index (χ0v) is 13.4. The lowest BCUT2D eigenvalue weighted by Gasteiger charge is -2.33. The van der Waals surface area contributed by atoms with E-state index in [-0.39, 0.29) is 5.41 Å². The first kappa shape index (κ1) is 14.5. The molecule has 0 saturated carbocycles. The van der Waals surface area contributed by atoms with E-state index >= 15 is 0 Å². The van der Waals surface area contributed by atoms with Crippen molar-refractivity contribution in [3.05, 3.63) is 15.9 Å². The SMILES string of the molecule is CC1(CNS(=O)(=O)c2ccc(Br)s2)CCNCC1. The molecule has 0 radical (unpaired) electrons. The molecule has 102 valence electrons. The van der Waals surface area contributed by atoms with E-state index in [0.717, 1.165) is 29.7 Å². The normalized spacial score (nSPS) is 19.9. The van der Waals surface area contributed by atoms with Gasteiger partial charge in [-0.2, -0.15) is 0 Å². The summed E-state index contributed by atoms with van der Waals surface area (Å²) in [6, 6.07) is 3.38. The monoisotopic (exact) mass is 352 g/mol. The molecule has 0 spiro atoms. The summed E-state index contributed by atoms with van der Waals surface area (Å²) in [5, 5.41) is 3.29. The maximum atomic E-state index is 12.1. The van der Waals surface area contributed by atoms with Gasteiger partial charge < -0.3 is 5.32 Å². The van der Waals surface area contributed by atoms with Gasteiger partial charge in [-0.15, -0.1) is 11.3 Å². The van der Waals surface area contributed by atoms with Crippen LogP contribution in [-0.2, 0) is 10.0 Å². The highest BCUT2D eigenvalue weighted by atomic mass is 79.9. The Balaban J connectivity index is 2.01. The van der Waals surface area contributed by atoms with Crippen molar-refractivity contribution in [2.75, 3.05) is 19.6 Å². The quantitative estimate of drug-likeness (QED) is 0.872. The van der Waals surface area contributed by atoms with E-state index in [1.54, 1.807) is 12.1 Å². The zero-order chi connectivity index (χ0) is 13.2. The number of sulfonamides is 1. The molecule has 2 N–H and O–H groups in total. The molecule has 0 amide bonds. The highest BCUT2D eigenvalue weighted by Gasteiger charge is 2.29. The molecule has 0 aromatic carbocycles. The third-order valence-corrected chi connectivity index (χ3v) is 6.83. The summed E-state index contributed by atoms with van der Waals surface area (Å²) in [5.74, 6) is 0. The molecule has 1 aliphatic heterocycles. The number of hydrogen-bond donors (Lipinski definition) is 2. The molecule has 2 rings (SSSR count). The van der Waals surface area contributed by atoms with Gasteiger partial charge in [0, 0.05) is 6.54 Å². The summed E-state index contributed by atoms with van der Waals surface area (Å²) in [5.41, 5.74) is 0.0623. The van der Waals surface area contributed by atoms with Crippen molar-refractivity contribution in [1.29, 1.82) is 0 Å². The van der Waals surface area contributed by atoms with Crippen molar-refractivity contribution >= 4 is 37.3 Å². The van der Waals surface area contributed by atoms with Crippen LogP contribution in [0.2, 0.25) is 0 Å². The Morgan fingerprint density at radius 1 is 1.44 bits per heavy atom. The first-order valence-corrected chi connectivity index (χ1v) is 8.96. The van der Waals surface area contributed by atoms with Gasteiger partial charge >= 0.3 is 0 Å². The molecular weight excluding hydrogens is 336 g/mol. The van der Waals surface area contributed by atoms with Crippen LogP contribution in [0.5, 0.6) is 0 Å². The fourth-order valence-corrected chi connectivity index (χ4v) is 5.24. The molecule has 0 unspecified atom stereocenters. The molecular formula is C11H17BrN2O2S2. The first-order chi connectivity index (χ1) is 8.41. The third kappa shape index (κ3) is 3.54. The number of nitrogens with one attached hydrogen (secondary N) is 2. The van der Waals surface area contributed by atoms with Crippen LogP contribution < -0.4 is 10.0 Å². The lowest BCUT2D eigenvalue weighted by atomic mass is 9.81. The van der Waals surface area contributed by atoms with Gasteiger partial charge in [-0.05, 0) is 59.4 Å². The lowest BCUT2D eigenvalue weighted by Crippen LogP contribution is -2.42. The second-order valence-electron chi connectivity index (χ2n) is 4.94. The zero-order valence-electron chi connectivity index (χ0n) is 10.2. The standard InChI is InChI=1S/C11H17BrN2O2S2/c1-11(4-6-13-7-5-11)8-14-18(15,16)10-3-2-9(12)17-10/h2-3,13-14H,4-8H2,1H3. The van der Waals surface area contributed by atoms with Crippen LogP contribution in [0.15, 0.2) is 20.1 Å². The second kappa shape index (κ2) is 5.58. The Labute approximate surface area is 120 Å². The summed E-state index contributed by atoms with van der Waals surface area (Å²) in [6.07, 6.45) is 2.01. The van der Waals surface area contributed by atoms with Crippen molar-refractivity contribution in [1.82, 2.24) is 10.0 Å². The minimum absolute atomic E-state index is 0.0623. The number of thiophene rings is 1. The molecule has 1 fully saturated rings. The predicted molar refractivity (Wildman–Crippen MR) is 77.4 cm³/mol. The summed E-state index contributed by atoms with van der Waals surface area (Å²) < 4.78 is 28.1. The number of piperidine rings is 1. The van der Waals surface area contributed by atoms with Crippen molar-refractivity contribution < 1.29 is 8.42 Å². The van der Waals surface area contributed by atoms with Crippen molar-refractivity contribution in [3.8, 4) is 0 Å². The van der Waals surface area contributed by atoms with Gasteiger partial charge in [0.1, 0.15) is 4.21 Å². The summed E-state index contributed by atoms with van der Waals surface area (Å²) in [6.45, 7) is 4.57. The van der Waals surface area contributed by atoms with E-state index in [4.69, 9.17) is 0 Å². The average Bonchev–Trinajstić information content (AvgIpc) is 2.76. The molecule has 1 aliphatic rings. The van der Waals surface area contributed by atoms with Crippen molar-refractivity contribution in [2.24, 2.45) is 5.41 Å². The molecule has 1 aromatic rings. The van der Waals surface area contributed by atoms with Crippen LogP contribution in [0.3, 0.4) is 0 Å². The fourth-order valence-electron chi connectivity index (χ4n) is 1.99. The maximum Gasteiger partial charge on any atom is 0.250 e. The van der Waals surface area contributed by atoms with E-state index in [2.05, 4.69) is 32.9 Å². The van der Waals surface area contributed by atoms with Crippen molar-refractivity contribution in [2.45, 2.75) is 24.0 Å². The second-order valence-corrected chi connectivity index (χ2v) is 9.40. The molecule has 18 heavy (non-hydrogen) atoms. The van der Waals surface area contributed by atoms with Gasteiger partial charge in [0.05, 0.1) is 3.79 Å². The summed E-state index contributed by atoms with van der Waals surface area (Å²) >= 11 is 4.51. The number of rotatable bonds is 4. The number of hydrogen-bond acceptors (Lipinski definition) is 4. The molecule has 4 nitrogen and oxygen atoms in total. The summed E-state index contributed by atoms with van der Waals surface area (Å²) in [7, 11) is -3.36. The Morgan fingerprint density at radius 3 is 2.67 bits per heavy atom. The minimum atomic E-state index is -3.36. The van der Waals surface area contributed by atoms with Gasteiger partial charge in [0.15, 0.2) is 0 Å². The molecule has 0 bridgehead atoms. The Kier molecular flexibility index (Phi) is 4.48. The maximum absolute atomic E-state index is 12.1. The molecule has 7 heteroatoms. The predicted octanol–water partition coefficient (Wildman–Crippen LogP) is 2.18. The van der Waals surface area contributed by atoms with Gasteiger partial charge in [0.25, 0.3) is 0 Å². The molecule has 1 aromatic heterocycles. The van der Waals surface area contributed by atoms with E-state index < -0.39 is 10.0 Å². The van der Waals surface area contributed by atoms with Crippen LogP contribution in [0, 0.1) is 5.41 Å². The molecule has 0 atom stereocenters. The van der Waals surface area contributed by atoms with E-state index in [9.17, 15) is 8.42 Å². The van der Waals surface area contributed by atoms with Gasteiger partial charge in [0.2, 0.25) is 10.0 Å². The van der Waals surface area contributed by atoms with Crippen LogP contribution >= 0.6 is 27.3 Å². The Morgan fingerprint density at radius 2 is 2.11 bits per heavy atom. The Hall–Kier alpha value is 0.0500. The van der Waals surface area contributed by atoms with Crippen LogP contribution in [0.1, 0.15) is 19.8 Å². The number of halogens is 1.